The molecule has 114 valence electrons. The average Bonchev–Trinajstić information content (AvgIpc) is 2.94. The third-order valence-corrected chi connectivity index (χ3v) is 4.77. The number of nitrogens with one attached hydrogen (secondary N) is 1. The molecule has 0 spiro atoms. The largest absolute Gasteiger partial charge is 0.497 e. The van der Waals surface area contributed by atoms with E-state index in [0.29, 0.717) is 0 Å². The zero-order chi connectivity index (χ0) is 15.7. The predicted octanol–water partition coefficient (Wildman–Crippen LogP) is 4.11. The Bertz CT molecular complexity index is 733. The molecule has 0 bridgehead atoms. The van der Waals surface area contributed by atoms with Gasteiger partial charge in [-0.05, 0) is 44.5 Å². The quantitative estimate of drug-likeness (QED) is 0.864. The number of allylic oxidation sites excluding steroid dienone is 1. The fourth-order valence-electron chi connectivity index (χ4n) is 2.69. The number of nitrogens with zero attached hydrogens (tertiary/aromatic N) is 1. The van der Waals surface area contributed by atoms with Crippen molar-refractivity contribution in [3.8, 4) is 16.3 Å². The zero-order valence-corrected chi connectivity index (χ0v) is 13.7. The second-order valence-electron chi connectivity index (χ2n) is 5.80. The van der Waals surface area contributed by atoms with Crippen LogP contribution in [0.25, 0.3) is 10.6 Å². The van der Waals surface area contributed by atoms with Gasteiger partial charge in [-0.25, -0.2) is 4.98 Å². The van der Waals surface area contributed by atoms with E-state index in [1.807, 2.05) is 44.2 Å². The van der Waals surface area contributed by atoms with E-state index in [0.717, 1.165) is 27.7 Å². The van der Waals surface area contributed by atoms with Crippen LogP contribution in [0.5, 0.6) is 5.75 Å². The number of benzene rings is 1. The van der Waals surface area contributed by atoms with Gasteiger partial charge in [-0.2, -0.15) is 0 Å². The molecular formula is C17H18N2O2S. The maximum absolute atomic E-state index is 12.3. The molecule has 0 saturated carbocycles. The fourth-order valence-corrected chi connectivity index (χ4v) is 3.51. The van der Waals surface area contributed by atoms with Crippen molar-refractivity contribution in [1.29, 1.82) is 0 Å². The van der Waals surface area contributed by atoms with Gasteiger partial charge in [0.25, 0.3) is 0 Å². The van der Waals surface area contributed by atoms with Crippen LogP contribution >= 0.6 is 11.3 Å². The minimum Gasteiger partial charge on any atom is -0.497 e. The molecule has 1 aromatic heterocycles. The summed E-state index contributed by atoms with van der Waals surface area (Å²) in [6, 6.07) is 7.72. The summed E-state index contributed by atoms with van der Waals surface area (Å²) >= 11 is 1.47. The number of carbonyl (C=O) groups is 1. The van der Waals surface area contributed by atoms with Crippen LogP contribution in [0.3, 0.4) is 0 Å². The number of aromatic nitrogens is 1. The van der Waals surface area contributed by atoms with Crippen LogP contribution in [0.4, 0.5) is 5.00 Å². The number of rotatable bonds is 4. The minimum atomic E-state index is -0.381. The van der Waals surface area contributed by atoms with E-state index >= 15 is 0 Å². The summed E-state index contributed by atoms with van der Waals surface area (Å²) in [4.78, 5) is 16.7. The molecule has 1 aromatic carbocycles. The lowest BCUT2D eigenvalue weighted by Gasteiger charge is -2.33. The first-order chi connectivity index (χ1) is 10.5. The summed E-state index contributed by atoms with van der Waals surface area (Å²) in [5.74, 6) is 0.844. The topological polar surface area (TPSA) is 51.2 Å². The van der Waals surface area contributed by atoms with Crippen molar-refractivity contribution in [1.82, 2.24) is 4.98 Å². The zero-order valence-electron chi connectivity index (χ0n) is 12.8. The van der Waals surface area contributed by atoms with E-state index in [9.17, 15) is 4.79 Å². The Labute approximate surface area is 133 Å². The van der Waals surface area contributed by atoms with Gasteiger partial charge in [0.1, 0.15) is 15.8 Å². The Morgan fingerprint density at radius 1 is 1.36 bits per heavy atom. The number of hydrogen-bond acceptors (Lipinski definition) is 4. The monoisotopic (exact) mass is 314 g/mol. The summed E-state index contributed by atoms with van der Waals surface area (Å²) in [7, 11) is 1.64. The van der Waals surface area contributed by atoms with Gasteiger partial charge in [0.15, 0.2) is 0 Å². The van der Waals surface area contributed by atoms with Crippen molar-refractivity contribution in [2.24, 2.45) is 5.41 Å². The fraction of sp³-hybridized carbons (Fsp3) is 0.294. The summed E-state index contributed by atoms with van der Waals surface area (Å²) < 4.78 is 5.15. The highest BCUT2D eigenvalue weighted by atomic mass is 32.1. The Kier molecular flexibility index (Phi) is 3.74. The molecule has 5 heteroatoms. The lowest BCUT2D eigenvalue weighted by molar-refractivity contribution is -0.123. The molecule has 0 aliphatic heterocycles. The first kappa shape index (κ1) is 14.8. The van der Waals surface area contributed by atoms with Gasteiger partial charge in [0.05, 0.1) is 18.7 Å². The number of anilines is 1. The van der Waals surface area contributed by atoms with Crippen LogP contribution in [0, 0.1) is 5.41 Å². The molecule has 4 nitrogen and oxygen atoms in total. The van der Waals surface area contributed by atoms with Crippen LogP contribution in [0.2, 0.25) is 0 Å². The Morgan fingerprint density at radius 3 is 2.64 bits per heavy atom. The van der Waals surface area contributed by atoms with E-state index in [2.05, 4.69) is 10.3 Å². The van der Waals surface area contributed by atoms with Gasteiger partial charge in [-0.1, -0.05) is 23.0 Å². The number of carbonyl (C=O) groups excluding carboxylic acids is 1. The molecule has 2 aromatic rings. The molecule has 1 atom stereocenters. The van der Waals surface area contributed by atoms with Crippen molar-refractivity contribution < 1.29 is 9.53 Å². The van der Waals surface area contributed by atoms with Crippen molar-refractivity contribution in [2.75, 3.05) is 12.4 Å². The van der Waals surface area contributed by atoms with E-state index < -0.39 is 0 Å². The Morgan fingerprint density at radius 2 is 2.05 bits per heavy atom. The normalized spacial score (nSPS) is 20.0. The molecule has 0 radical (unpaired) electrons. The molecule has 0 saturated heterocycles. The van der Waals surface area contributed by atoms with Crippen molar-refractivity contribution in [3.05, 3.63) is 42.1 Å². The van der Waals surface area contributed by atoms with Gasteiger partial charge in [-0.3, -0.25) is 4.79 Å². The van der Waals surface area contributed by atoms with E-state index in [1.165, 1.54) is 16.9 Å². The predicted molar refractivity (Wildman–Crippen MR) is 89.2 cm³/mol. The molecule has 1 heterocycles. The van der Waals surface area contributed by atoms with Crippen LogP contribution in [0.1, 0.15) is 20.3 Å². The van der Waals surface area contributed by atoms with Gasteiger partial charge < -0.3 is 10.1 Å². The van der Waals surface area contributed by atoms with Crippen LogP contribution in [-0.4, -0.2) is 18.0 Å². The maximum atomic E-state index is 12.3. The smallest absolute Gasteiger partial charge is 0.235 e. The number of methoxy groups -OCH3 is 1. The van der Waals surface area contributed by atoms with Gasteiger partial charge in [-0.15, -0.1) is 0 Å². The highest BCUT2D eigenvalue weighted by Crippen LogP contribution is 2.40. The second-order valence-corrected chi connectivity index (χ2v) is 6.83. The summed E-state index contributed by atoms with van der Waals surface area (Å²) in [6.07, 6.45) is 4.55. The molecule has 1 aliphatic carbocycles. The summed E-state index contributed by atoms with van der Waals surface area (Å²) in [6.45, 7) is 4.00. The number of ether oxygens (including phenoxy) is 1. The Balaban J connectivity index is 1.72. The average molecular weight is 314 g/mol. The summed E-state index contributed by atoms with van der Waals surface area (Å²) in [5.41, 5.74) is 1.90. The lowest BCUT2D eigenvalue weighted by atomic mass is 9.72. The number of thiazole rings is 1. The first-order valence-corrected chi connectivity index (χ1v) is 7.92. The molecule has 0 unspecified atom stereocenters. The second kappa shape index (κ2) is 5.57. The van der Waals surface area contributed by atoms with E-state index in [4.69, 9.17) is 4.74 Å². The van der Waals surface area contributed by atoms with Gasteiger partial charge in [0.2, 0.25) is 5.91 Å². The minimum absolute atomic E-state index is 0.0306. The van der Waals surface area contributed by atoms with Crippen molar-refractivity contribution >= 4 is 22.2 Å². The lowest BCUT2D eigenvalue weighted by Crippen LogP contribution is -2.36. The van der Waals surface area contributed by atoms with Gasteiger partial charge in [0, 0.05) is 5.56 Å². The standard InChI is InChI=1S/C17H18N2O2S/c1-11-8-17(2,9-11)16(20)19-14-10-18-15(22-14)12-4-6-13(21-3)7-5-12/h4-8,10H,9H2,1-3H3,(H,19,20)/t17-/m0/s1. The Hall–Kier alpha value is -2.14. The number of amides is 1. The first-order valence-electron chi connectivity index (χ1n) is 7.10. The molecule has 1 aliphatic rings. The SMILES string of the molecule is COc1ccc(-c2ncc(NC(=O)[C@@]3(C)C=C(C)C3)s2)cc1. The van der Waals surface area contributed by atoms with Gasteiger partial charge >= 0.3 is 0 Å². The highest BCUT2D eigenvalue weighted by molar-refractivity contribution is 7.19. The third kappa shape index (κ3) is 2.76. The van der Waals surface area contributed by atoms with Crippen LogP contribution < -0.4 is 10.1 Å². The van der Waals surface area contributed by atoms with Crippen molar-refractivity contribution in [3.63, 3.8) is 0 Å². The maximum Gasteiger partial charge on any atom is 0.235 e. The molecule has 0 fully saturated rings. The molecule has 1 N–H and O–H groups in total. The molecular weight excluding hydrogens is 296 g/mol. The van der Waals surface area contributed by atoms with Crippen LogP contribution in [0.15, 0.2) is 42.1 Å². The number of hydrogen-bond donors (Lipinski definition) is 1. The van der Waals surface area contributed by atoms with E-state index in [1.54, 1.807) is 13.3 Å². The summed E-state index contributed by atoms with van der Waals surface area (Å²) in [5, 5.41) is 4.62. The van der Waals surface area contributed by atoms with Crippen molar-refractivity contribution in [2.45, 2.75) is 20.3 Å². The van der Waals surface area contributed by atoms with Crippen LogP contribution in [-0.2, 0) is 4.79 Å². The molecule has 3 rings (SSSR count). The third-order valence-electron chi connectivity index (χ3n) is 3.81. The molecule has 22 heavy (non-hydrogen) atoms. The highest BCUT2D eigenvalue weighted by Gasteiger charge is 2.37. The van der Waals surface area contributed by atoms with E-state index in [-0.39, 0.29) is 11.3 Å². The molecule has 1 amide bonds.